The van der Waals surface area contributed by atoms with Gasteiger partial charge in [-0.05, 0) is 66.2 Å². The number of aliphatic hydroxyl groups excluding tert-OH is 8. The highest BCUT2D eigenvalue weighted by atomic mass is 32.1. The molecule has 40 nitrogen and oxygen atoms in total. The first-order valence-corrected chi connectivity index (χ1v) is 34.6. The average Bonchev–Trinajstić information content (AvgIpc) is 0.813. The van der Waals surface area contributed by atoms with Gasteiger partial charge in [-0.1, -0.05) is 20.3 Å². The van der Waals surface area contributed by atoms with Gasteiger partial charge >= 0.3 is 6.09 Å². The number of primary amides is 3. The van der Waals surface area contributed by atoms with Gasteiger partial charge in [0.2, 0.25) is 29.5 Å². The lowest BCUT2D eigenvalue weighted by atomic mass is 9.96. The number of imidazole rings is 1. The van der Waals surface area contributed by atoms with E-state index in [4.69, 9.17) is 52.4 Å². The van der Waals surface area contributed by atoms with Gasteiger partial charge in [-0.25, -0.2) is 29.7 Å². The number of H-pyrrole nitrogens is 1. The van der Waals surface area contributed by atoms with Gasteiger partial charge in [0.25, 0.3) is 11.8 Å². The van der Waals surface area contributed by atoms with Gasteiger partial charge in [0.1, 0.15) is 94.6 Å². The summed E-state index contributed by atoms with van der Waals surface area (Å²) in [5.41, 5.74) is 28.1. The molecule has 4 aromatic rings. The van der Waals surface area contributed by atoms with Gasteiger partial charge in [-0.3, -0.25) is 33.6 Å². The number of rotatable bonds is 42. The van der Waals surface area contributed by atoms with E-state index in [-0.39, 0.29) is 54.0 Å². The maximum absolute atomic E-state index is 15.2. The molecule has 2 aliphatic rings. The largest absolute Gasteiger partial charge is 0.441 e. The number of aromatic nitrogens is 6. The van der Waals surface area contributed by atoms with Crippen LogP contribution in [0.3, 0.4) is 0 Å². The van der Waals surface area contributed by atoms with Gasteiger partial charge in [0.15, 0.2) is 18.7 Å². The Hall–Kier alpha value is -7.73. The molecule has 0 radical (unpaired) electrons. The summed E-state index contributed by atoms with van der Waals surface area (Å²) >= 11 is 2.52. The van der Waals surface area contributed by atoms with Crippen LogP contribution < -0.4 is 71.2 Å². The first kappa shape index (κ1) is 83.2. The van der Waals surface area contributed by atoms with Crippen molar-refractivity contribution in [3.8, 4) is 10.7 Å². The Labute approximate surface area is 593 Å². The van der Waals surface area contributed by atoms with E-state index in [1.54, 1.807) is 10.8 Å². The lowest BCUT2D eigenvalue weighted by Crippen LogP contribution is -2.65. The van der Waals surface area contributed by atoms with E-state index < -0.39 is 183 Å². The molecular weight excluding hydrogens is 1390 g/mol. The second-order valence-electron chi connectivity index (χ2n) is 24.3. The van der Waals surface area contributed by atoms with Crippen molar-refractivity contribution in [1.82, 2.24) is 72.4 Å². The van der Waals surface area contributed by atoms with E-state index >= 15 is 4.79 Å². The summed E-state index contributed by atoms with van der Waals surface area (Å²) in [4.78, 5) is 131. The molecule has 0 aliphatic carbocycles. The van der Waals surface area contributed by atoms with Crippen LogP contribution in [0, 0.1) is 12.8 Å². The number of nitrogens with zero attached hydrogens (tertiary/aromatic N) is 5. The highest BCUT2D eigenvalue weighted by Gasteiger charge is 2.54. The van der Waals surface area contributed by atoms with Crippen LogP contribution in [0.2, 0.25) is 0 Å². The molecule has 0 aromatic carbocycles. The highest BCUT2D eigenvalue weighted by Crippen LogP contribution is 2.35. The molecule has 6 heterocycles. The Bertz CT molecular complexity index is 3380. The normalized spacial score (nSPS) is 23.2. The number of nitrogens with two attached hydrogens (primary N) is 5. The molecule has 42 heteroatoms. The van der Waals surface area contributed by atoms with Gasteiger partial charge in [-0.2, -0.15) is 0 Å². The fourth-order valence-corrected chi connectivity index (χ4v) is 12.2. The molecule has 2 fully saturated rings. The molecule has 10 unspecified atom stereocenters. The van der Waals surface area contributed by atoms with Crippen LogP contribution in [-0.2, 0) is 54.1 Å². The fourth-order valence-electron chi connectivity index (χ4n) is 10.5. The number of aliphatic hydroxyl groups is 8. The van der Waals surface area contributed by atoms with Crippen molar-refractivity contribution >= 4 is 75.9 Å². The van der Waals surface area contributed by atoms with E-state index in [1.807, 2.05) is 0 Å². The summed E-state index contributed by atoms with van der Waals surface area (Å²) in [6, 6.07) is -7.86. The number of thiazole rings is 2. The summed E-state index contributed by atoms with van der Waals surface area (Å²) in [6.45, 7) is 8.84. The third-order valence-electron chi connectivity index (χ3n) is 16.5. The van der Waals surface area contributed by atoms with Crippen LogP contribution in [0.1, 0.15) is 115 Å². The number of nitrogens with one attached hydrogen (secondary N) is 9. The van der Waals surface area contributed by atoms with E-state index in [0.717, 1.165) is 64.4 Å². The summed E-state index contributed by atoms with van der Waals surface area (Å²) in [6.07, 6.45) is -21.1. The smallest absolute Gasteiger partial charge is 0.404 e. The number of hydrogen-bond acceptors (Lipinski definition) is 33. The molecule has 102 heavy (non-hydrogen) atoms. The number of hydrogen-bond donors (Lipinski definition) is 22. The standard InChI is InChI=1S/C60H95N19O21S2/c1-6-7-11-66-12-8-13-67-14-9-15-69-53(91)32-22-102-57(75-32)33-23-101-37(74-33)10-16-70-54(92)39(28(5)82)77-52(90)26(3)41(84)27(4)73-56(94)40(78-55(93)38-25(2)49(63)79-51(76-38)30(17-36(62)83)71-18-29(61)50(64)89)46(31-19-68-24-72-31)98-59-48(44(87)42(85)34(20-80)97-59)99-58-45(88)47(100-60(65)95)43(86)35(21-81)96-58/h19,22-24,26-30,34-35,39-48,58-59,66-67,71,80-82,84-88H,6-18,20-21,61H2,1-5H3,(H2,62,83)(H2,64,89)(H2,65,95)(H,68,72)(H,69,91)(H,70,92)(H,73,94)(H,77,90)(H,78,93)(H2,63,76,79)/t26-,27+,28+,29-,30-,34?,35?,39-,40-,41-,42?,43?,44?,45?,46-,47?,48?,58?,59?/m0/s1. The zero-order valence-corrected chi connectivity index (χ0v) is 58.3. The second kappa shape index (κ2) is 40.4. The van der Waals surface area contributed by atoms with Crippen molar-refractivity contribution in [3.05, 3.63) is 56.8 Å². The molecule has 568 valence electrons. The number of carbonyl (C=O) groups excluding carboxylic acids is 8. The third-order valence-corrected chi connectivity index (χ3v) is 18.3. The minimum Gasteiger partial charge on any atom is -0.441 e. The quantitative estimate of drug-likeness (QED) is 0.0183. The molecule has 0 bridgehead atoms. The minimum absolute atomic E-state index is 0.0112. The van der Waals surface area contributed by atoms with Crippen molar-refractivity contribution in [2.45, 2.75) is 183 Å². The number of aromatic amines is 1. The molecule has 8 amide bonds. The maximum atomic E-state index is 15.2. The molecule has 0 saturated carbocycles. The van der Waals surface area contributed by atoms with Gasteiger partial charge in [-0.15, -0.1) is 22.7 Å². The van der Waals surface area contributed by atoms with Gasteiger partial charge in [0, 0.05) is 48.8 Å². The Morgan fingerprint density at radius 2 is 1.39 bits per heavy atom. The minimum atomic E-state index is -2.20. The topological polar surface area (TPSA) is 651 Å². The lowest BCUT2D eigenvalue weighted by molar-refractivity contribution is -0.372. The number of amides is 8. The summed E-state index contributed by atoms with van der Waals surface area (Å²) in [5.74, 6) is -8.71. The average molecular weight is 1480 g/mol. The zero-order chi connectivity index (χ0) is 75.1. The number of unbranched alkanes of at least 4 members (excludes halogenated alkanes) is 1. The Balaban J connectivity index is 1.20. The molecule has 6 rings (SSSR count). The first-order valence-electron chi connectivity index (χ1n) is 32.9. The van der Waals surface area contributed by atoms with Crippen LogP contribution in [0.5, 0.6) is 0 Å². The van der Waals surface area contributed by atoms with E-state index in [2.05, 4.69) is 79.4 Å². The molecule has 4 aromatic heterocycles. The van der Waals surface area contributed by atoms with E-state index in [1.165, 1.54) is 50.4 Å². The summed E-state index contributed by atoms with van der Waals surface area (Å²) in [7, 11) is 0. The van der Waals surface area contributed by atoms with Crippen molar-refractivity contribution in [2.24, 2.45) is 28.9 Å². The second-order valence-corrected chi connectivity index (χ2v) is 26.1. The van der Waals surface area contributed by atoms with Crippen molar-refractivity contribution in [3.63, 3.8) is 0 Å². The Kier molecular flexibility index (Phi) is 32.9. The van der Waals surface area contributed by atoms with E-state index in [9.17, 15) is 74.4 Å². The first-order chi connectivity index (χ1) is 48.5. The predicted octanol–water partition coefficient (Wildman–Crippen LogP) is -7.21. The van der Waals surface area contributed by atoms with E-state index in [0.29, 0.717) is 22.3 Å². The molecule has 0 spiro atoms. The Morgan fingerprint density at radius 1 is 0.725 bits per heavy atom. The maximum Gasteiger partial charge on any atom is 0.404 e. The molecular formula is C60H95N19O21S2. The van der Waals surface area contributed by atoms with Gasteiger partial charge in [0.05, 0.1) is 72.7 Å². The summed E-state index contributed by atoms with van der Waals surface area (Å²) < 4.78 is 28.8. The third kappa shape index (κ3) is 23.4. The summed E-state index contributed by atoms with van der Waals surface area (Å²) in [5, 5.41) is 115. The van der Waals surface area contributed by atoms with Crippen LogP contribution in [0.25, 0.3) is 10.7 Å². The van der Waals surface area contributed by atoms with Crippen LogP contribution in [0.15, 0.2) is 23.3 Å². The van der Waals surface area contributed by atoms with Crippen LogP contribution in [-0.4, -0.2) is 275 Å². The van der Waals surface area contributed by atoms with Crippen molar-refractivity contribution in [1.29, 1.82) is 0 Å². The molecule has 27 N–H and O–H groups in total. The van der Waals surface area contributed by atoms with Crippen LogP contribution in [0.4, 0.5) is 10.6 Å². The predicted molar refractivity (Wildman–Crippen MR) is 360 cm³/mol. The SMILES string of the molecule is CCCCNCCCNCCCNC(=O)c1csc(-c2csc(CCNC(=O)[C@@H](NC(=O)[C@@H](C)[C@H](O)[C@@H](C)NC(=O)[C@@H](NC(=O)c3nc([C@H](CC(N)=O)NC[C@H](N)C(N)=O)nc(N)c3C)[C@@H](OC3OC(CO)C(O)C(O)C3OC3OC(CO)C(O)C(OC(N)=O)C3O)c3cnc[nH]3)[C@@H](C)O)n2)n1. The molecule has 2 saturated heterocycles. The van der Waals surface area contributed by atoms with Gasteiger partial charge < -0.3 is 141 Å². The monoisotopic (exact) mass is 1480 g/mol. The number of ether oxygens (including phenoxy) is 5. The van der Waals surface area contributed by atoms with Crippen molar-refractivity contribution < 1.29 is 103 Å². The number of carbonyl (C=O) groups is 8. The zero-order valence-electron chi connectivity index (χ0n) is 56.7. The van der Waals surface area contributed by atoms with Crippen LogP contribution >= 0.6 is 22.7 Å². The van der Waals surface area contributed by atoms with Crippen molar-refractivity contribution in [2.75, 3.05) is 64.8 Å². The molecule has 19 atom stereocenters. The molecule has 2 aliphatic heterocycles. The lowest BCUT2D eigenvalue weighted by Gasteiger charge is -2.47. The fraction of sp³-hybridized carbons (Fsp3) is 0.650. The Morgan fingerprint density at radius 3 is 2.02 bits per heavy atom. The number of nitrogen functional groups attached to an aromatic ring is 1. The number of anilines is 1. The highest BCUT2D eigenvalue weighted by molar-refractivity contribution is 7.14.